The van der Waals surface area contributed by atoms with E-state index in [1.54, 1.807) is 12.1 Å². The Bertz CT molecular complexity index is 581. The molecule has 0 aliphatic heterocycles. The maximum Gasteiger partial charge on any atom is 0.417 e. The van der Waals surface area contributed by atoms with Crippen LogP contribution in [0.3, 0.4) is 0 Å². The Hall–Kier alpha value is -1.33. The topological polar surface area (TPSA) is 20.2 Å². The van der Waals surface area contributed by atoms with Crippen molar-refractivity contribution < 1.29 is 18.3 Å². The lowest BCUT2D eigenvalue weighted by molar-refractivity contribution is -0.139. The minimum absolute atomic E-state index is 0.0439. The molecule has 1 nitrogen and oxygen atoms in total. The number of phenolic OH excluding ortho intramolecular Hbond substituents is 1. The summed E-state index contributed by atoms with van der Waals surface area (Å²) in [5.74, 6) is 0.0662. The van der Waals surface area contributed by atoms with E-state index in [2.05, 4.69) is 0 Å². The first kappa shape index (κ1) is 14.1. The van der Waals surface area contributed by atoms with E-state index in [0.717, 1.165) is 17.8 Å². The van der Waals surface area contributed by atoms with Crippen LogP contribution in [0.4, 0.5) is 13.2 Å². The van der Waals surface area contributed by atoms with Crippen molar-refractivity contribution in [2.75, 3.05) is 0 Å². The van der Waals surface area contributed by atoms with E-state index in [4.69, 9.17) is 16.7 Å². The zero-order valence-corrected chi connectivity index (χ0v) is 11.0. The summed E-state index contributed by atoms with van der Waals surface area (Å²) in [6.07, 6.45) is -4.45. The summed E-state index contributed by atoms with van der Waals surface area (Å²) in [7, 11) is 0. The van der Waals surface area contributed by atoms with Gasteiger partial charge in [0.25, 0.3) is 0 Å². The summed E-state index contributed by atoms with van der Waals surface area (Å²) >= 11 is 6.57. The van der Waals surface area contributed by atoms with Gasteiger partial charge < -0.3 is 5.11 Å². The second kappa shape index (κ2) is 5.35. The number of phenols is 1. The molecule has 6 heteroatoms. The maximum atomic E-state index is 12.9. The molecule has 0 heterocycles. The predicted octanol–water partition coefficient (Wildman–Crippen LogP) is 5.22. The molecule has 0 unspecified atom stereocenters. The fourth-order valence-corrected chi connectivity index (χ4v) is 2.57. The normalized spacial score (nSPS) is 11.6. The summed E-state index contributed by atoms with van der Waals surface area (Å²) in [5, 5.41) is 9.18. The molecule has 0 aromatic heterocycles. The van der Waals surface area contributed by atoms with Crippen molar-refractivity contribution in [3.8, 4) is 5.75 Å². The molecule has 0 aliphatic rings. The van der Waals surface area contributed by atoms with Crippen LogP contribution in [0.25, 0.3) is 0 Å². The first-order valence-corrected chi connectivity index (χ1v) is 6.39. The lowest BCUT2D eigenvalue weighted by atomic mass is 10.2. The molecular weight excluding hydrogens is 297 g/mol. The van der Waals surface area contributed by atoms with Crippen LogP contribution < -0.4 is 0 Å². The van der Waals surface area contributed by atoms with E-state index in [-0.39, 0.29) is 15.7 Å². The molecular formula is C13H8ClF3OS. The van der Waals surface area contributed by atoms with E-state index in [0.29, 0.717) is 4.90 Å². The molecule has 0 radical (unpaired) electrons. The number of aromatic hydroxyl groups is 1. The van der Waals surface area contributed by atoms with Gasteiger partial charge in [-0.05, 0) is 42.5 Å². The van der Waals surface area contributed by atoms with Crippen LogP contribution >= 0.6 is 23.4 Å². The molecule has 2 aromatic carbocycles. The van der Waals surface area contributed by atoms with E-state index in [1.165, 1.54) is 24.3 Å². The smallest absolute Gasteiger partial charge is 0.417 e. The first-order valence-electron chi connectivity index (χ1n) is 5.20. The highest BCUT2D eigenvalue weighted by atomic mass is 35.5. The first-order chi connectivity index (χ1) is 8.86. The third kappa shape index (κ3) is 3.58. The minimum atomic E-state index is -4.45. The third-order valence-electron chi connectivity index (χ3n) is 2.31. The lowest BCUT2D eigenvalue weighted by Crippen LogP contribution is -2.06. The van der Waals surface area contributed by atoms with Gasteiger partial charge in [0.15, 0.2) is 0 Å². The number of benzene rings is 2. The summed E-state index contributed by atoms with van der Waals surface area (Å²) in [6.45, 7) is 0. The molecule has 1 N–H and O–H groups in total. The van der Waals surface area contributed by atoms with Gasteiger partial charge in [-0.3, -0.25) is 0 Å². The monoisotopic (exact) mass is 304 g/mol. The predicted molar refractivity (Wildman–Crippen MR) is 68.7 cm³/mol. The molecule has 0 atom stereocenters. The Morgan fingerprint density at radius 1 is 1.00 bits per heavy atom. The Balaban J connectivity index is 2.37. The van der Waals surface area contributed by atoms with Crippen LogP contribution in [0.1, 0.15) is 5.56 Å². The Morgan fingerprint density at radius 2 is 1.63 bits per heavy atom. The number of rotatable bonds is 2. The van der Waals surface area contributed by atoms with Gasteiger partial charge in [0.1, 0.15) is 5.75 Å². The highest BCUT2D eigenvalue weighted by molar-refractivity contribution is 7.99. The van der Waals surface area contributed by atoms with Crippen molar-refractivity contribution in [1.29, 1.82) is 0 Å². The van der Waals surface area contributed by atoms with Crippen molar-refractivity contribution in [3.63, 3.8) is 0 Å². The Kier molecular flexibility index (Phi) is 3.96. The van der Waals surface area contributed by atoms with E-state index >= 15 is 0 Å². The summed E-state index contributed by atoms with van der Waals surface area (Å²) in [4.78, 5) is 0.674. The van der Waals surface area contributed by atoms with Crippen molar-refractivity contribution in [3.05, 3.63) is 53.1 Å². The highest BCUT2D eigenvalue weighted by Crippen LogP contribution is 2.40. The van der Waals surface area contributed by atoms with Crippen LogP contribution in [-0.4, -0.2) is 5.11 Å². The number of hydrogen-bond acceptors (Lipinski definition) is 2. The van der Waals surface area contributed by atoms with Gasteiger partial charge in [0, 0.05) is 14.8 Å². The molecule has 0 bridgehead atoms. The van der Waals surface area contributed by atoms with Gasteiger partial charge in [-0.15, -0.1) is 0 Å². The van der Waals surface area contributed by atoms with Crippen LogP contribution in [0, 0.1) is 0 Å². The SMILES string of the molecule is Oc1ccc(Sc2ccc(Cl)cc2C(F)(F)F)cc1. The number of halogens is 4. The zero-order valence-electron chi connectivity index (χ0n) is 9.41. The molecule has 0 saturated carbocycles. The Labute approximate surface area is 117 Å². The standard InChI is InChI=1S/C13H8ClF3OS/c14-8-1-6-12(11(7-8)13(15,16)17)19-10-4-2-9(18)3-5-10/h1-7,18H. The second-order valence-corrected chi connectivity index (χ2v) is 5.29. The fourth-order valence-electron chi connectivity index (χ4n) is 1.45. The van der Waals surface area contributed by atoms with Crippen LogP contribution in [0.5, 0.6) is 5.75 Å². The zero-order chi connectivity index (χ0) is 14.0. The summed E-state index contributed by atoms with van der Waals surface area (Å²) < 4.78 is 38.6. The van der Waals surface area contributed by atoms with Gasteiger partial charge in [-0.25, -0.2) is 0 Å². The van der Waals surface area contributed by atoms with Gasteiger partial charge in [0.05, 0.1) is 5.56 Å². The minimum Gasteiger partial charge on any atom is -0.508 e. The molecule has 2 aromatic rings. The number of hydrogen-bond donors (Lipinski definition) is 1. The highest BCUT2D eigenvalue weighted by Gasteiger charge is 2.33. The number of alkyl halides is 3. The van der Waals surface area contributed by atoms with Gasteiger partial charge in [0.2, 0.25) is 0 Å². The molecule has 0 fully saturated rings. The second-order valence-electron chi connectivity index (χ2n) is 3.73. The van der Waals surface area contributed by atoms with Crippen molar-refractivity contribution in [1.82, 2.24) is 0 Å². The van der Waals surface area contributed by atoms with Crippen LogP contribution in [-0.2, 0) is 6.18 Å². The molecule has 19 heavy (non-hydrogen) atoms. The molecule has 0 amide bonds. The van der Waals surface area contributed by atoms with E-state index < -0.39 is 11.7 Å². The molecule has 0 spiro atoms. The molecule has 2 rings (SSSR count). The molecule has 100 valence electrons. The quantitative estimate of drug-likeness (QED) is 0.821. The third-order valence-corrected chi connectivity index (χ3v) is 3.63. The fraction of sp³-hybridized carbons (Fsp3) is 0.0769. The van der Waals surface area contributed by atoms with Crippen LogP contribution in [0.2, 0.25) is 5.02 Å². The van der Waals surface area contributed by atoms with E-state index in [1.807, 2.05) is 0 Å². The average molecular weight is 305 g/mol. The van der Waals surface area contributed by atoms with Crippen molar-refractivity contribution in [2.45, 2.75) is 16.0 Å². The largest absolute Gasteiger partial charge is 0.508 e. The molecule has 0 aliphatic carbocycles. The van der Waals surface area contributed by atoms with Crippen molar-refractivity contribution in [2.24, 2.45) is 0 Å². The van der Waals surface area contributed by atoms with Gasteiger partial charge >= 0.3 is 6.18 Å². The average Bonchev–Trinajstić information content (AvgIpc) is 2.33. The maximum absolute atomic E-state index is 12.9. The van der Waals surface area contributed by atoms with Gasteiger partial charge in [-0.2, -0.15) is 13.2 Å². The van der Waals surface area contributed by atoms with Gasteiger partial charge in [-0.1, -0.05) is 23.4 Å². The summed E-state index contributed by atoms with van der Waals surface area (Å²) in [5.41, 5.74) is -0.766. The van der Waals surface area contributed by atoms with Crippen LogP contribution in [0.15, 0.2) is 52.3 Å². The lowest BCUT2D eigenvalue weighted by Gasteiger charge is -2.12. The van der Waals surface area contributed by atoms with Crippen molar-refractivity contribution >= 4 is 23.4 Å². The Morgan fingerprint density at radius 3 is 2.21 bits per heavy atom. The summed E-state index contributed by atoms with van der Waals surface area (Å²) in [6, 6.07) is 9.60. The van der Waals surface area contributed by atoms with E-state index in [9.17, 15) is 13.2 Å². The molecule has 0 saturated heterocycles.